The highest BCUT2D eigenvalue weighted by atomic mass is 16.5. The van der Waals surface area contributed by atoms with Crippen LogP contribution in [-0.2, 0) is 14.9 Å². The first-order valence-corrected chi connectivity index (χ1v) is 9.68. The van der Waals surface area contributed by atoms with Gasteiger partial charge in [0.1, 0.15) is 0 Å². The number of hydrogen-bond donors (Lipinski definition) is 2. The van der Waals surface area contributed by atoms with Crippen molar-refractivity contribution in [3.8, 4) is 0 Å². The number of hydrogen-bond acceptors (Lipinski definition) is 3. The Labute approximate surface area is 158 Å². The van der Waals surface area contributed by atoms with E-state index in [-0.39, 0.29) is 5.41 Å². The van der Waals surface area contributed by atoms with Crippen molar-refractivity contribution in [1.82, 2.24) is 10.6 Å². The van der Waals surface area contributed by atoms with Gasteiger partial charge in [0.2, 0.25) is 0 Å². The molecule has 1 aromatic carbocycles. The summed E-state index contributed by atoms with van der Waals surface area (Å²) < 4.78 is 11.1. The summed E-state index contributed by atoms with van der Waals surface area (Å²) in [5.74, 6) is 1.43. The zero-order chi connectivity index (χ0) is 18.8. The van der Waals surface area contributed by atoms with Crippen molar-refractivity contribution in [3.63, 3.8) is 0 Å². The average Bonchev–Trinajstić information content (AvgIpc) is 3.14. The smallest absolute Gasteiger partial charge is 0.191 e. The van der Waals surface area contributed by atoms with Crippen LogP contribution >= 0.6 is 0 Å². The van der Waals surface area contributed by atoms with Crippen molar-refractivity contribution in [2.24, 2.45) is 10.9 Å². The third-order valence-corrected chi connectivity index (χ3v) is 4.89. The Balaban J connectivity index is 1.63. The molecule has 0 aromatic heterocycles. The van der Waals surface area contributed by atoms with E-state index in [0.717, 1.165) is 58.3 Å². The number of ether oxygens (including phenoxy) is 2. The van der Waals surface area contributed by atoms with Gasteiger partial charge < -0.3 is 20.1 Å². The zero-order valence-corrected chi connectivity index (χ0v) is 16.8. The highest BCUT2D eigenvalue weighted by Crippen LogP contribution is 2.22. The first-order chi connectivity index (χ1) is 12.5. The van der Waals surface area contributed by atoms with E-state index in [0.29, 0.717) is 5.92 Å². The molecule has 0 bridgehead atoms. The lowest BCUT2D eigenvalue weighted by Crippen LogP contribution is -2.43. The number of aryl methyl sites for hydroxylation is 1. The molecule has 0 amide bonds. The molecule has 1 heterocycles. The summed E-state index contributed by atoms with van der Waals surface area (Å²) in [7, 11) is 1.81. The summed E-state index contributed by atoms with van der Waals surface area (Å²) in [4.78, 5) is 4.32. The average molecular weight is 362 g/mol. The van der Waals surface area contributed by atoms with Gasteiger partial charge >= 0.3 is 0 Å². The minimum atomic E-state index is 0.0395. The van der Waals surface area contributed by atoms with Gasteiger partial charge in [-0.15, -0.1) is 0 Å². The predicted octanol–water partition coefficient (Wildman–Crippen LogP) is 2.88. The van der Waals surface area contributed by atoms with E-state index >= 15 is 0 Å². The third kappa shape index (κ3) is 6.96. The molecule has 0 saturated carbocycles. The molecule has 1 aromatic rings. The molecule has 2 rings (SSSR count). The molecule has 1 atom stereocenters. The Hall–Kier alpha value is -1.59. The van der Waals surface area contributed by atoms with Crippen molar-refractivity contribution >= 4 is 5.96 Å². The van der Waals surface area contributed by atoms with Crippen molar-refractivity contribution in [2.45, 2.75) is 39.0 Å². The molecule has 1 aliphatic rings. The van der Waals surface area contributed by atoms with Gasteiger partial charge in [-0.1, -0.05) is 43.7 Å². The van der Waals surface area contributed by atoms with E-state index in [2.05, 4.69) is 60.7 Å². The van der Waals surface area contributed by atoms with Crippen LogP contribution in [-0.4, -0.2) is 52.5 Å². The molecule has 1 aliphatic heterocycles. The van der Waals surface area contributed by atoms with Gasteiger partial charge in [-0.25, -0.2) is 0 Å². The van der Waals surface area contributed by atoms with Gasteiger partial charge in [0.05, 0.1) is 13.2 Å². The lowest BCUT2D eigenvalue weighted by Gasteiger charge is -2.27. The van der Waals surface area contributed by atoms with Crippen molar-refractivity contribution < 1.29 is 9.47 Å². The van der Waals surface area contributed by atoms with Crippen molar-refractivity contribution in [3.05, 3.63) is 35.4 Å². The highest BCUT2D eigenvalue weighted by Gasteiger charge is 2.20. The van der Waals surface area contributed by atoms with Gasteiger partial charge in [0.25, 0.3) is 0 Å². The summed E-state index contributed by atoms with van der Waals surface area (Å²) >= 11 is 0. The number of nitrogens with one attached hydrogen (secondary N) is 2. The van der Waals surface area contributed by atoms with Gasteiger partial charge in [-0.3, -0.25) is 4.99 Å². The van der Waals surface area contributed by atoms with E-state index < -0.39 is 0 Å². The summed E-state index contributed by atoms with van der Waals surface area (Å²) in [6.45, 7) is 11.6. The molecular weight excluding hydrogens is 326 g/mol. The Bertz CT molecular complexity index is 549. The third-order valence-electron chi connectivity index (χ3n) is 4.89. The maximum atomic E-state index is 5.73. The van der Waals surface area contributed by atoms with Crippen molar-refractivity contribution in [1.29, 1.82) is 0 Å². The Morgan fingerprint density at radius 3 is 2.69 bits per heavy atom. The SMILES string of the molecule is CN=C(NCCCOCC1CCOC1)NCC(C)(C)c1ccc(C)cc1. The zero-order valence-electron chi connectivity index (χ0n) is 16.8. The molecule has 2 N–H and O–H groups in total. The van der Waals surface area contributed by atoms with Crippen LogP contribution in [0.2, 0.25) is 0 Å². The van der Waals surface area contributed by atoms with Crippen LogP contribution < -0.4 is 10.6 Å². The van der Waals surface area contributed by atoms with Crippen LogP contribution in [0.5, 0.6) is 0 Å². The normalized spacial score (nSPS) is 18.2. The van der Waals surface area contributed by atoms with Crippen LogP contribution in [0.1, 0.15) is 37.8 Å². The fraction of sp³-hybridized carbons (Fsp3) is 0.667. The summed E-state index contributed by atoms with van der Waals surface area (Å²) in [6.07, 6.45) is 2.10. The maximum absolute atomic E-state index is 5.73. The number of benzene rings is 1. The molecule has 0 radical (unpaired) electrons. The molecule has 26 heavy (non-hydrogen) atoms. The lowest BCUT2D eigenvalue weighted by molar-refractivity contribution is 0.0888. The summed E-state index contributed by atoms with van der Waals surface area (Å²) in [5.41, 5.74) is 2.66. The number of rotatable bonds is 9. The molecule has 0 spiro atoms. The molecule has 1 unspecified atom stereocenters. The van der Waals surface area contributed by atoms with Gasteiger partial charge in [-0.05, 0) is 25.3 Å². The van der Waals surface area contributed by atoms with E-state index in [1.54, 1.807) is 0 Å². The Morgan fingerprint density at radius 1 is 1.27 bits per heavy atom. The van der Waals surface area contributed by atoms with Crippen LogP contribution in [0.3, 0.4) is 0 Å². The van der Waals surface area contributed by atoms with Crippen LogP contribution in [0, 0.1) is 12.8 Å². The van der Waals surface area contributed by atoms with Gasteiger partial charge in [-0.2, -0.15) is 0 Å². The van der Waals surface area contributed by atoms with Gasteiger partial charge in [0.15, 0.2) is 5.96 Å². The maximum Gasteiger partial charge on any atom is 0.191 e. The molecule has 1 saturated heterocycles. The second-order valence-corrected chi connectivity index (χ2v) is 7.76. The second kappa shape index (κ2) is 10.5. The molecule has 1 fully saturated rings. The van der Waals surface area contributed by atoms with Crippen LogP contribution in [0.4, 0.5) is 0 Å². The number of guanidine groups is 1. The monoisotopic (exact) mass is 361 g/mol. The largest absolute Gasteiger partial charge is 0.381 e. The molecule has 0 aliphatic carbocycles. The second-order valence-electron chi connectivity index (χ2n) is 7.76. The number of nitrogens with zero attached hydrogens (tertiary/aromatic N) is 1. The minimum absolute atomic E-state index is 0.0395. The number of aliphatic imine (C=N–C) groups is 1. The van der Waals surface area contributed by atoms with Crippen LogP contribution in [0.25, 0.3) is 0 Å². The van der Waals surface area contributed by atoms with Gasteiger partial charge in [0, 0.05) is 44.7 Å². The van der Waals surface area contributed by atoms with E-state index in [4.69, 9.17) is 9.47 Å². The van der Waals surface area contributed by atoms with Crippen LogP contribution in [0.15, 0.2) is 29.3 Å². The molecule has 146 valence electrons. The van der Waals surface area contributed by atoms with Crippen molar-refractivity contribution in [2.75, 3.05) is 46.6 Å². The summed E-state index contributed by atoms with van der Waals surface area (Å²) in [6, 6.07) is 8.75. The molecule has 5 nitrogen and oxygen atoms in total. The highest BCUT2D eigenvalue weighted by molar-refractivity contribution is 5.79. The van der Waals surface area contributed by atoms with E-state index in [1.165, 1.54) is 11.1 Å². The molecular formula is C21H35N3O2. The standard InChI is InChI=1S/C21H35N3O2/c1-17-6-8-19(9-7-17)21(2,3)16-24-20(22-4)23-11-5-12-25-14-18-10-13-26-15-18/h6-9,18H,5,10-16H2,1-4H3,(H2,22,23,24). The molecule has 5 heteroatoms. The quantitative estimate of drug-likeness (QED) is 0.403. The van der Waals surface area contributed by atoms with E-state index in [9.17, 15) is 0 Å². The lowest BCUT2D eigenvalue weighted by atomic mass is 9.84. The summed E-state index contributed by atoms with van der Waals surface area (Å²) in [5, 5.41) is 6.81. The Morgan fingerprint density at radius 2 is 2.04 bits per heavy atom. The fourth-order valence-corrected chi connectivity index (χ4v) is 2.98. The Kier molecular flexibility index (Phi) is 8.39. The topological polar surface area (TPSA) is 54.9 Å². The first-order valence-electron chi connectivity index (χ1n) is 9.68. The van der Waals surface area contributed by atoms with E-state index in [1.807, 2.05) is 7.05 Å². The minimum Gasteiger partial charge on any atom is -0.381 e. The fourth-order valence-electron chi connectivity index (χ4n) is 2.98. The first kappa shape index (κ1) is 20.7. The predicted molar refractivity (Wildman–Crippen MR) is 108 cm³/mol.